The molecule has 30 heavy (non-hydrogen) atoms. The monoisotopic (exact) mass is 424 g/mol. The van der Waals surface area contributed by atoms with Crippen molar-refractivity contribution >= 4 is 12.1 Å². The summed E-state index contributed by atoms with van der Waals surface area (Å²) < 4.78 is 0. The predicted molar refractivity (Wildman–Crippen MR) is 125 cm³/mol. The van der Waals surface area contributed by atoms with E-state index in [-0.39, 0.29) is 24.1 Å². The van der Waals surface area contributed by atoms with E-state index in [0.717, 1.165) is 38.8 Å². The van der Waals surface area contributed by atoms with Crippen molar-refractivity contribution < 1.29 is 9.59 Å². The number of primary amides is 1. The molecule has 4 amide bonds. The lowest BCUT2D eigenvalue weighted by Gasteiger charge is -2.47. The Hall–Kier alpha value is -1.46. The molecular weight excluding hydrogens is 376 g/mol. The zero-order chi connectivity index (χ0) is 23.0. The highest BCUT2D eigenvalue weighted by Crippen LogP contribution is 2.29. The third-order valence-electron chi connectivity index (χ3n) is 5.59. The Bertz CT molecular complexity index is 523. The molecule has 1 fully saturated rings. The van der Waals surface area contributed by atoms with Crippen LogP contribution in [0.2, 0.25) is 0 Å². The largest absolute Gasteiger partial charge is 0.351 e. The van der Waals surface area contributed by atoms with E-state index in [1.165, 1.54) is 0 Å². The molecule has 1 aliphatic carbocycles. The summed E-state index contributed by atoms with van der Waals surface area (Å²) in [6.07, 6.45) is 4.01. The van der Waals surface area contributed by atoms with Crippen molar-refractivity contribution in [1.82, 2.24) is 14.7 Å². The first-order chi connectivity index (χ1) is 13.9. The molecule has 0 aromatic heterocycles. The van der Waals surface area contributed by atoms with Crippen LogP contribution in [-0.2, 0) is 0 Å². The number of urea groups is 2. The summed E-state index contributed by atoms with van der Waals surface area (Å²) in [7, 11) is 0. The second-order valence-electron chi connectivity index (χ2n) is 10.8. The SMILES string of the molecule is CC(C)CN(CC(C)C)C(=O)N(CC(C)C)[C@@H]1CCCC[C@@H]1N(CC(C)C)C(N)=O. The van der Waals surface area contributed by atoms with Crippen molar-refractivity contribution in [2.75, 3.05) is 26.2 Å². The summed E-state index contributed by atoms with van der Waals surface area (Å²) in [5, 5.41) is 0. The summed E-state index contributed by atoms with van der Waals surface area (Å²) in [5.74, 6) is 1.54. The standard InChI is InChI=1S/C24H48N4O2/c1-17(2)13-26(14-18(3)4)24(30)28(16-20(7)8)22-12-10-9-11-21(22)27(23(25)29)15-19(5)6/h17-22H,9-16H2,1-8H3,(H2,25,29)/t21-,22+/m0/s1. The van der Waals surface area contributed by atoms with E-state index < -0.39 is 0 Å². The Morgan fingerprint density at radius 2 is 1.07 bits per heavy atom. The fourth-order valence-corrected chi connectivity index (χ4v) is 4.64. The quantitative estimate of drug-likeness (QED) is 0.534. The molecule has 0 heterocycles. The summed E-state index contributed by atoms with van der Waals surface area (Å²) in [4.78, 5) is 32.1. The van der Waals surface area contributed by atoms with Gasteiger partial charge in [0.15, 0.2) is 0 Å². The molecule has 0 bridgehead atoms. The van der Waals surface area contributed by atoms with E-state index >= 15 is 0 Å². The zero-order valence-electron chi connectivity index (χ0n) is 20.9. The van der Waals surface area contributed by atoms with Gasteiger partial charge in [-0.15, -0.1) is 0 Å². The average molecular weight is 425 g/mol. The fourth-order valence-electron chi connectivity index (χ4n) is 4.64. The number of hydrogen-bond acceptors (Lipinski definition) is 2. The molecule has 2 atom stereocenters. The van der Waals surface area contributed by atoms with Crippen LogP contribution in [0.25, 0.3) is 0 Å². The summed E-state index contributed by atoms with van der Waals surface area (Å²) >= 11 is 0. The zero-order valence-corrected chi connectivity index (χ0v) is 20.9. The van der Waals surface area contributed by atoms with Crippen molar-refractivity contribution in [3.8, 4) is 0 Å². The van der Waals surface area contributed by atoms with Gasteiger partial charge in [-0.1, -0.05) is 68.2 Å². The minimum Gasteiger partial charge on any atom is -0.351 e. The van der Waals surface area contributed by atoms with E-state index in [1.807, 2.05) is 9.80 Å². The van der Waals surface area contributed by atoms with Crippen molar-refractivity contribution in [3.05, 3.63) is 0 Å². The number of carbonyl (C=O) groups is 2. The number of nitrogens with zero attached hydrogens (tertiary/aromatic N) is 3. The number of nitrogens with two attached hydrogens (primary N) is 1. The maximum atomic E-state index is 13.8. The molecule has 6 nitrogen and oxygen atoms in total. The molecule has 0 saturated heterocycles. The normalized spacial score (nSPS) is 19.6. The molecule has 0 spiro atoms. The van der Waals surface area contributed by atoms with Crippen LogP contribution in [0.4, 0.5) is 9.59 Å². The second-order valence-corrected chi connectivity index (χ2v) is 10.8. The van der Waals surface area contributed by atoms with Crippen LogP contribution in [0.5, 0.6) is 0 Å². The molecule has 176 valence electrons. The molecule has 0 aromatic carbocycles. The van der Waals surface area contributed by atoms with E-state index in [0.29, 0.717) is 36.8 Å². The molecule has 6 heteroatoms. The molecule has 0 unspecified atom stereocenters. The smallest absolute Gasteiger partial charge is 0.320 e. The van der Waals surface area contributed by atoms with Gasteiger partial charge in [0.05, 0.1) is 12.1 Å². The lowest BCUT2D eigenvalue weighted by molar-refractivity contribution is 0.0554. The van der Waals surface area contributed by atoms with E-state index in [2.05, 4.69) is 60.3 Å². The lowest BCUT2D eigenvalue weighted by atomic mass is 9.87. The average Bonchev–Trinajstić information content (AvgIpc) is 2.62. The van der Waals surface area contributed by atoms with E-state index in [9.17, 15) is 9.59 Å². The van der Waals surface area contributed by atoms with Crippen molar-refractivity contribution in [2.45, 2.75) is 93.2 Å². The summed E-state index contributed by atoms with van der Waals surface area (Å²) in [6, 6.07) is -0.209. The van der Waals surface area contributed by atoms with Crippen LogP contribution in [0, 0.1) is 23.7 Å². The Morgan fingerprint density at radius 3 is 1.43 bits per heavy atom. The molecule has 1 saturated carbocycles. The second kappa shape index (κ2) is 12.4. The predicted octanol–water partition coefficient (Wildman–Crippen LogP) is 5.03. The number of hydrogen-bond donors (Lipinski definition) is 1. The third kappa shape index (κ3) is 8.35. The Kier molecular flexibility index (Phi) is 11.0. The van der Waals surface area contributed by atoms with Gasteiger partial charge in [0.25, 0.3) is 0 Å². The third-order valence-corrected chi connectivity index (χ3v) is 5.59. The van der Waals surface area contributed by atoms with Crippen LogP contribution < -0.4 is 5.73 Å². The van der Waals surface area contributed by atoms with Gasteiger partial charge in [-0.25, -0.2) is 9.59 Å². The first kappa shape index (κ1) is 26.6. The highest BCUT2D eigenvalue weighted by Gasteiger charge is 2.39. The van der Waals surface area contributed by atoms with Gasteiger partial charge in [0.1, 0.15) is 0 Å². The number of rotatable bonds is 10. The van der Waals surface area contributed by atoms with Crippen LogP contribution in [0.3, 0.4) is 0 Å². The first-order valence-corrected chi connectivity index (χ1v) is 12.1. The molecule has 1 rings (SSSR count). The Balaban J connectivity index is 3.26. The first-order valence-electron chi connectivity index (χ1n) is 12.1. The highest BCUT2D eigenvalue weighted by molar-refractivity contribution is 5.76. The minimum atomic E-state index is -0.362. The number of carbonyl (C=O) groups excluding carboxylic acids is 2. The molecule has 1 aliphatic rings. The van der Waals surface area contributed by atoms with Crippen LogP contribution in [0.15, 0.2) is 0 Å². The van der Waals surface area contributed by atoms with E-state index in [1.54, 1.807) is 0 Å². The van der Waals surface area contributed by atoms with Crippen molar-refractivity contribution in [1.29, 1.82) is 0 Å². The molecule has 0 aliphatic heterocycles. The minimum absolute atomic E-state index is 0.00120. The molecule has 0 radical (unpaired) electrons. The van der Waals surface area contributed by atoms with Gasteiger partial charge in [-0.2, -0.15) is 0 Å². The fraction of sp³-hybridized carbons (Fsp3) is 0.917. The Labute approximate surface area is 185 Å². The van der Waals surface area contributed by atoms with E-state index in [4.69, 9.17) is 5.73 Å². The van der Waals surface area contributed by atoms with Gasteiger partial charge < -0.3 is 20.4 Å². The highest BCUT2D eigenvalue weighted by atomic mass is 16.2. The van der Waals surface area contributed by atoms with Crippen molar-refractivity contribution in [2.24, 2.45) is 29.4 Å². The molecule has 0 aromatic rings. The van der Waals surface area contributed by atoms with Gasteiger partial charge in [0, 0.05) is 26.2 Å². The number of amides is 4. The van der Waals surface area contributed by atoms with Crippen LogP contribution >= 0.6 is 0 Å². The maximum absolute atomic E-state index is 13.8. The van der Waals surface area contributed by atoms with Crippen LogP contribution in [-0.4, -0.2) is 65.0 Å². The van der Waals surface area contributed by atoms with Gasteiger partial charge in [-0.05, 0) is 36.5 Å². The molecule has 2 N–H and O–H groups in total. The van der Waals surface area contributed by atoms with Gasteiger partial charge >= 0.3 is 12.1 Å². The van der Waals surface area contributed by atoms with Crippen LogP contribution in [0.1, 0.15) is 81.1 Å². The van der Waals surface area contributed by atoms with Crippen molar-refractivity contribution in [3.63, 3.8) is 0 Å². The van der Waals surface area contributed by atoms with Gasteiger partial charge in [-0.3, -0.25) is 0 Å². The lowest BCUT2D eigenvalue weighted by Crippen LogP contribution is -2.61. The topological polar surface area (TPSA) is 69.9 Å². The summed E-state index contributed by atoms with van der Waals surface area (Å²) in [6.45, 7) is 20.0. The Morgan fingerprint density at radius 1 is 0.700 bits per heavy atom. The summed E-state index contributed by atoms with van der Waals surface area (Å²) in [5.41, 5.74) is 5.82. The van der Waals surface area contributed by atoms with Gasteiger partial charge in [0.2, 0.25) is 0 Å². The molecular formula is C24H48N4O2. The maximum Gasteiger partial charge on any atom is 0.320 e.